The molecule has 5 nitrogen and oxygen atoms in total. The fourth-order valence-corrected chi connectivity index (χ4v) is 1.16. The molecular weight excluding hydrogens is 144 g/mol. The van der Waals surface area contributed by atoms with Gasteiger partial charge in [-0.3, -0.25) is 0 Å². The van der Waals surface area contributed by atoms with Crippen LogP contribution in [0.3, 0.4) is 0 Å². The maximum absolute atomic E-state index is 10.9. The van der Waals surface area contributed by atoms with Gasteiger partial charge in [-0.15, -0.1) is 0 Å². The minimum Gasteiger partial charge on any atom is -0.345 e. The van der Waals surface area contributed by atoms with E-state index in [0.29, 0.717) is 0 Å². The Morgan fingerprint density at radius 2 is 2.45 bits per heavy atom. The molecule has 0 aromatic heterocycles. The second-order valence-electron chi connectivity index (χ2n) is 2.46. The van der Waals surface area contributed by atoms with Crippen LogP contribution in [0, 0.1) is 0 Å². The first-order chi connectivity index (χ1) is 5.27. The highest BCUT2D eigenvalue weighted by Crippen LogP contribution is 2.11. The molecule has 1 unspecified atom stereocenters. The third-order valence-electron chi connectivity index (χ3n) is 1.69. The van der Waals surface area contributed by atoms with E-state index in [1.807, 2.05) is 6.92 Å². The summed E-state index contributed by atoms with van der Waals surface area (Å²) in [5.74, 6) is 0. The van der Waals surface area contributed by atoms with Crippen molar-refractivity contribution in [3.05, 3.63) is 11.4 Å². The van der Waals surface area contributed by atoms with Crippen LogP contribution in [0.1, 0.15) is 6.92 Å². The second-order valence-corrected chi connectivity index (χ2v) is 2.46. The summed E-state index contributed by atoms with van der Waals surface area (Å²) < 4.78 is 0. The fourth-order valence-electron chi connectivity index (χ4n) is 1.16. The summed E-state index contributed by atoms with van der Waals surface area (Å²) in [5.41, 5.74) is 1.75. The molecule has 0 bridgehead atoms. The van der Waals surface area contributed by atoms with Crippen LogP contribution in [0.2, 0.25) is 0 Å². The molecule has 0 aromatic carbocycles. The SMILES string of the molecule is CC1=C2NC=NC2NC(=O)N1. The van der Waals surface area contributed by atoms with Gasteiger partial charge in [0.25, 0.3) is 0 Å². The molecule has 0 fully saturated rings. The van der Waals surface area contributed by atoms with Crippen LogP contribution in [-0.4, -0.2) is 18.5 Å². The van der Waals surface area contributed by atoms with E-state index in [1.54, 1.807) is 6.34 Å². The Kier molecular flexibility index (Phi) is 1.12. The van der Waals surface area contributed by atoms with Gasteiger partial charge in [0.15, 0.2) is 6.17 Å². The molecule has 0 saturated heterocycles. The molecule has 2 aliphatic heterocycles. The van der Waals surface area contributed by atoms with E-state index in [-0.39, 0.29) is 12.2 Å². The molecule has 2 amide bonds. The lowest BCUT2D eigenvalue weighted by Crippen LogP contribution is -2.47. The van der Waals surface area contributed by atoms with E-state index >= 15 is 0 Å². The molecule has 3 N–H and O–H groups in total. The number of urea groups is 1. The van der Waals surface area contributed by atoms with Gasteiger partial charge in [0, 0.05) is 5.70 Å². The summed E-state index contributed by atoms with van der Waals surface area (Å²) in [6, 6.07) is -0.197. The van der Waals surface area contributed by atoms with Gasteiger partial charge >= 0.3 is 6.03 Å². The first-order valence-corrected chi connectivity index (χ1v) is 3.34. The summed E-state index contributed by atoms with van der Waals surface area (Å²) in [6.07, 6.45) is 1.38. The largest absolute Gasteiger partial charge is 0.345 e. The number of allylic oxidation sites excluding steroid dienone is 1. The van der Waals surface area contributed by atoms with Crippen molar-refractivity contribution in [2.45, 2.75) is 13.1 Å². The molecule has 0 aromatic rings. The minimum atomic E-state index is -0.205. The molecule has 1 atom stereocenters. The van der Waals surface area contributed by atoms with Crippen molar-refractivity contribution in [1.82, 2.24) is 16.0 Å². The summed E-state index contributed by atoms with van der Waals surface area (Å²) >= 11 is 0. The van der Waals surface area contributed by atoms with Crippen LogP contribution in [-0.2, 0) is 0 Å². The van der Waals surface area contributed by atoms with Gasteiger partial charge in [-0.2, -0.15) is 0 Å². The van der Waals surface area contributed by atoms with Gasteiger partial charge in [-0.05, 0) is 6.92 Å². The molecule has 2 rings (SSSR count). The summed E-state index contributed by atoms with van der Waals surface area (Å²) in [5, 5.41) is 8.22. The van der Waals surface area contributed by atoms with E-state index in [1.165, 1.54) is 0 Å². The van der Waals surface area contributed by atoms with Crippen molar-refractivity contribution < 1.29 is 4.79 Å². The minimum absolute atomic E-state index is 0.197. The van der Waals surface area contributed by atoms with Gasteiger partial charge in [0.2, 0.25) is 0 Å². The predicted molar refractivity (Wildman–Crippen MR) is 39.8 cm³/mol. The summed E-state index contributed by atoms with van der Waals surface area (Å²) in [4.78, 5) is 14.9. The Labute approximate surface area is 63.6 Å². The number of rotatable bonds is 0. The fraction of sp³-hybridized carbons (Fsp3) is 0.333. The molecular formula is C6H8N4O. The molecule has 0 aliphatic carbocycles. The van der Waals surface area contributed by atoms with Crippen molar-refractivity contribution in [1.29, 1.82) is 0 Å². The van der Waals surface area contributed by atoms with Crippen molar-refractivity contribution >= 4 is 12.4 Å². The molecule has 0 radical (unpaired) electrons. The standard InChI is InChI=1S/C6H8N4O/c1-3-4-5(8-2-7-4)10-6(11)9-3/h2,5H,1H3,(H,7,8)(H2,9,10,11). The average Bonchev–Trinajstić information content (AvgIpc) is 2.34. The number of hydrogen-bond acceptors (Lipinski definition) is 3. The lowest BCUT2D eigenvalue weighted by atomic mass is 10.2. The number of hydrogen-bond donors (Lipinski definition) is 3. The van der Waals surface area contributed by atoms with Crippen LogP contribution in [0.15, 0.2) is 16.4 Å². The summed E-state index contributed by atoms with van der Waals surface area (Å²) in [6.45, 7) is 1.84. The van der Waals surface area contributed by atoms with Crippen LogP contribution in [0.5, 0.6) is 0 Å². The van der Waals surface area contributed by atoms with Crippen LogP contribution in [0.25, 0.3) is 0 Å². The second kappa shape index (κ2) is 1.98. The molecule has 2 heterocycles. The Hall–Kier alpha value is -1.52. The third kappa shape index (κ3) is 0.849. The molecule has 5 heteroatoms. The van der Waals surface area contributed by atoms with Gasteiger partial charge in [-0.1, -0.05) is 0 Å². The number of carbonyl (C=O) groups is 1. The first-order valence-electron chi connectivity index (χ1n) is 3.34. The number of nitrogens with zero attached hydrogens (tertiary/aromatic N) is 1. The zero-order chi connectivity index (χ0) is 7.84. The Balaban J connectivity index is 2.35. The van der Waals surface area contributed by atoms with Gasteiger partial charge in [0.05, 0.1) is 12.0 Å². The molecule has 0 saturated carbocycles. The van der Waals surface area contributed by atoms with Crippen molar-refractivity contribution in [3.63, 3.8) is 0 Å². The highest BCUT2D eigenvalue weighted by molar-refractivity contribution is 5.80. The predicted octanol–water partition coefficient (Wildman–Crippen LogP) is -0.512. The van der Waals surface area contributed by atoms with Crippen LogP contribution in [0.4, 0.5) is 4.79 Å². The van der Waals surface area contributed by atoms with E-state index in [4.69, 9.17) is 0 Å². The van der Waals surface area contributed by atoms with E-state index < -0.39 is 0 Å². The molecule has 0 spiro atoms. The number of fused-ring (bicyclic) bond motifs is 1. The zero-order valence-corrected chi connectivity index (χ0v) is 6.01. The van der Waals surface area contributed by atoms with Gasteiger partial charge in [0.1, 0.15) is 0 Å². The van der Waals surface area contributed by atoms with E-state index in [0.717, 1.165) is 11.4 Å². The van der Waals surface area contributed by atoms with Crippen LogP contribution >= 0.6 is 0 Å². The topological polar surface area (TPSA) is 65.5 Å². The highest BCUT2D eigenvalue weighted by atomic mass is 16.2. The Morgan fingerprint density at radius 1 is 1.64 bits per heavy atom. The first kappa shape index (κ1) is 6.21. The Bertz CT molecular complexity index is 268. The molecule has 11 heavy (non-hydrogen) atoms. The Morgan fingerprint density at radius 3 is 3.27 bits per heavy atom. The number of carbonyl (C=O) groups excluding carboxylic acids is 1. The number of amides is 2. The van der Waals surface area contributed by atoms with Crippen LogP contribution < -0.4 is 16.0 Å². The lowest BCUT2D eigenvalue weighted by molar-refractivity contribution is 0.239. The summed E-state index contributed by atoms with van der Waals surface area (Å²) in [7, 11) is 0. The van der Waals surface area contributed by atoms with E-state index in [2.05, 4.69) is 20.9 Å². The monoisotopic (exact) mass is 152 g/mol. The zero-order valence-electron chi connectivity index (χ0n) is 6.01. The normalized spacial score (nSPS) is 27.4. The quantitative estimate of drug-likeness (QED) is 0.437. The lowest BCUT2D eigenvalue weighted by Gasteiger charge is -2.21. The van der Waals surface area contributed by atoms with E-state index in [9.17, 15) is 4.79 Å². The van der Waals surface area contributed by atoms with Gasteiger partial charge in [-0.25, -0.2) is 9.79 Å². The third-order valence-corrected chi connectivity index (χ3v) is 1.69. The van der Waals surface area contributed by atoms with Crippen molar-refractivity contribution in [2.75, 3.05) is 0 Å². The maximum atomic E-state index is 10.9. The van der Waals surface area contributed by atoms with Crippen molar-refractivity contribution in [2.24, 2.45) is 4.99 Å². The smallest absolute Gasteiger partial charge is 0.321 e. The number of nitrogens with one attached hydrogen (secondary N) is 3. The average molecular weight is 152 g/mol. The number of aliphatic imine (C=N–C) groups is 1. The highest BCUT2D eigenvalue weighted by Gasteiger charge is 2.26. The maximum Gasteiger partial charge on any atom is 0.321 e. The molecule has 58 valence electrons. The molecule has 2 aliphatic rings. The van der Waals surface area contributed by atoms with Crippen molar-refractivity contribution in [3.8, 4) is 0 Å². The van der Waals surface area contributed by atoms with Gasteiger partial charge < -0.3 is 16.0 Å².